The Kier molecular flexibility index (Phi) is 4.07. The molecule has 0 fully saturated rings. The van der Waals surface area contributed by atoms with Crippen LogP contribution in [0.15, 0.2) is 22.7 Å². The van der Waals surface area contributed by atoms with Crippen molar-refractivity contribution in [2.24, 2.45) is 0 Å². The average molecular weight is 309 g/mol. The highest BCUT2D eigenvalue weighted by atomic mass is 79.9. The van der Waals surface area contributed by atoms with E-state index in [1.165, 1.54) is 0 Å². The number of methoxy groups -OCH3 is 1. The zero-order valence-corrected chi connectivity index (χ0v) is 12.5. The van der Waals surface area contributed by atoms with E-state index in [0.717, 1.165) is 45.5 Å². The first-order valence-electron chi connectivity index (χ1n) is 6.05. The average Bonchev–Trinajstić information content (AvgIpc) is 2.36. The minimum Gasteiger partial charge on any atom is -0.492 e. The van der Waals surface area contributed by atoms with Crippen molar-refractivity contribution in [3.8, 4) is 5.75 Å². The van der Waals surface area contributed by atoms with Crippen LogP contribution >= 0.6 is 15.9 Å². The SMILES string of the molecule is CCCNc1cc(Br)c2ccc(C)nc2c1OC. The number of anilines is 1. The van der Waals surface area contributed by atoms with E-state index in [1.807, 2.05) is 19.1 Å². The monoisotopic (exact) mass is 308 g/mol. The molecule has 0 atom stereocenters. The Bertz CT molecular complexity index is 569. The van der Waals surface area contributed by atoms with Gasteiger partial charge in [-0.2, -0.15) is 0 Å². The highest BCUT2D eigenvalue weighted by Gasteiger charge is 2.12. The number of pyridine rings is 1. The van der Waals surface area contributed by atoms with Crippen molar-refractivity contribution in [3.63, 3.8) is 0 Å². The molecule has 0 radical (unpaired) electrons. The quantitative estimate of drug-likeness (QED) is 0.922. The Hall–Kier alpha value is -1.29. The second-order valence-electron chi connectivity index (χ2n) is 4.21. The van der Waals surface area contributed by atoms with Crippen LogP contribution in [0, 0.1) is 6.92 Å². The first kappa shape index (κ1) is 13.1. The number of hydrogen-bond acceptors (Lipinski definition) is 3. The smallest absolute Gasteiger partial charge is 0.168 e. The van der Waals surface area contributed by atoms with E-state index < -0.39 is 0 Å². The van der Waals surface area contributed by atoms with Crippen molar-refractivity contribution < 1.29 is 4.74 Å². The molecular weight excluding hydrogens is 292 g/mol. The molecule has 0 aliphatic carbocycles. The Balaban J connectivity index is 2.65. The Morgan fingerprint density at radius 3 is 2.83 bits per heavy atom. The van der Waals surface area contributed by atoms with Gasteiger partial charge in [0.1, 0.15) is 5.52 Å². The number of nitrogens with one attached hydrogen (secondary N) is 1. The van der Waals surface area contributed by atoms with Gasteiger partial charge in [-0.1, -0.05) is 22.9 Å². The van der Waals surface area contributed by atoms with E-state index in [2.05, 4.69) is 39.2 Å². The summed E-state index contributed by atoms with van der Waals surface area (Å²) in [5.41, 5.74) is 2.86. The van der Waals surface area contributed by atoms with Gasteiger partial charge in [0.05, 0.1) is 12.8 Å². The summed E-state index contributed by atoms with van der Waals surface area (Å²) < 4.78 is 6.55. The van der Waals surface area contributed by atoms with Crippen LogP contribution < -0.4 is 10.1 Å². The van der Waals surface area contributed by atoms with Crippen molar-refractivity contribution in [1.29, 1.82) is 0 Å². The molecule has 1 heterocycles. The number of nitrogens with zero attached hydrogens (tertiary/aromatic N) is 1. The summed E-state index contributed by atoms with van der Waals surface area (Å²) in [6.45, 7) is 5.04. The number of aryl methyl sites for hydroxylation is 1. The lowest BCUT2D eigenvalue weighted by molar-refractivity contribution is 0.420. The standard InChI is InChI=1S/C14H17BrN2O/c1-4-7-16-12-8-11(15)10-6-5-9(2)17-13(10)14(12)18-3/h5-6,8,16H,4,7H2,1-3H3. The Morgan fingerprint density at radius 1 is 1.39 bits per heavy atom. The molecule has 0 saturated carbocycles. The summed E-state index contributed by atoms with van der Waals surface area (Å²) in [7, 11) is 1.68. The zero-order chi connectivity index (χ0) is 13.1. The van der Waals surface area contributed by atoms with Crippen molar-refractivity contribution in [3.05, 3.63) is 28.4 Å². The van der Waals surface area contributed by atoms with E-state index >= 15 is 0 Å². The molecule has 18 heavy (non-hydrogen) atoms. The predicted octanol–water partition coefficient (Wildman–Crippen LogP) is 4.14. The second kappa shape index (κ2) is 5.57. The van der Waals surface area contributed by atoms with E-state index in [4.69, 9.17) is 4.74 Å². The number of halogens is 1. The minimum absolute atomic E-state index is 0.811. The summed E-state index contributed by atoms with van der Waals surface area (Å²) in [6.07, 6.45) is 1.07. The van der Waals surface area contributed by atoms with Gasteiger partial charge >= 0.3 is 0 Å². The molecule has 4 heteroatoms. The summed E-state index contributed by atoms with van der Waals surface area (Å²) in [5.74, 6) is 0.811. The number of hydrogen-bond donors (Lipinski definition) is 1. The summed E-state index contributed by atoms with van der Waals surface area (Å²) in [4.78, 5) is 4.58. The van der Waals surface area contributed by atoms with E-state index in [9.17, 15) is 0 Å². The van der Waals surface area contributed by atoms with Gasteiger partial charge < -0.3 is 10.1 Å². The van der Waals surface area contributed by atoms with Gasteiger partial charge in [-0.25, -0.2) is 4.98 Å². The summed E-state index contributed by atoms with van der Waals surface area (Å²) in [5, 5.41) is 4.44. The molecule has 0 aliphatic rings. The molecule has 1 N–H and O–H groups in total. The number of benzene rings is 1. The van der Waals surface area contributed by atoms with Gasteiger partial charge in [0.25, 0.3) is 0 Å². The van der Waals surface area contributed by atoms with Crippen LogP contribution in [0.2, 0.25) is 0 Å². The molecule has 2 rings (SSSR count). The van der Waals surface area contributed by atoms with Crippen molar-refractivity contribution in [2.75, 3.05) is 19.0 Å². The van der Waals surface area contributed by atoms with Crippen LogP contribution in [0.4, 0.5) is 5.69 Å². The van der Waals surface area contributed by atoms with Gasteiger partial charge in [-0.15, -0.1) is 0 Å². The fraction of sp³-hybridized carbons (Fsp3) is 0.357. The Morgan fingerprint density at radius 2 is 2.17 bits per heavy atom. The van der Waals surface area contributed by atoms with Gasteiger partial charge in [0, 0.05) is 22.1 Å². The fourth-order valence-corrected chi connectivity index (χ4v) is 2.47. The van der Waals surface area contributed by atoms with Gasteiger partial charge in [0.2, 0.25) is 0 Å². The van der Waals surface area contributed by atoms with Crippen LogP contribution in [0.25, 0.3) is 10.9 Å². The highest BCUT2D eigenvalue weighted by Crippen LogP contribution is 2.37. The second-order valence-corrected chi connectivity index (χ2v) is 5.07. The molecule has 0 amide bonds. The van der Waals surface area contributed by atoms with Crippen LogP contribution in [0.1, 0.15) is 19.0 Å². The minimum atomic E-state index is 0.811. The van der Waals surface area contributed by atoms with Crippen molar-refractivity contribution >= 4 is 32.5 Å². The molecule has 0 spiro atoms. The van der Waals surface area contributed by atoms with Crippen LogP contribution in [-0.2, 0) is 0 Å². The fourth-order valence-electron chi connectivity index (χ4n) is 1.92. The largest absolute Gasteiger partial charge is 0.492 e. The molecule has 1 aromatic heterocycles. The van der Waals surface area contributed by atoms with E-state index in [0.29, 0.717) is 0 Å². The van der Waals surface area contributed by atoms with Crippen LogP contribution in [0.5, 0.6) is 5.75 Å². The number of rotatable bonds is 4. The number of aromatic nitrogens is 1. The lowest BCUT2D eigenvalue weighted by atomic mass is 10.1. The van der Waals surface area contributed by atoms with E-state index in [1.54, 1.807) is 7.11 Å². The first-order valence-corrected chi connectivity index (χ1v) is 6.84. The normalized spacial score (nSPS) is 10.7. The van der Waals surface area contributed by atoms with Crippen molar-refractivity contribution in [1.82, 2.24) is 4.98 Å². The third-order valence-electron chi connectivity index (χ3n) is 2.79. The van der Waals surface area contributed by atoms with Crippen molar-refractivity contribution in [2.45, 2.75) is 20.3 Å². The van der Waals surface area contributed by atoms with Gasteiger partial charge in [-0.3, -0.25) is 0 Å². The molecule has 0 saturated heterocycles. The zero-order valence-electron chi connectivity index (χ0n) is 10.9. The number of ether oxygens (including phenoxy) is 1. The lowest BCUT2D eigenvalue weighted by Crippen LogP contribution is -2.03. The lowest BCUT2D eigenvalue weighted by Gasteiger charge is -2.14. The van der Waals surface area contributed by atoms with Crippen LogP contribution in [0.3, 0.4) is 0 Å². The number of fused-ring (bicyclic) bond motifs is 1. The molecule has 0 unspecified atom stereocenters. The molecule has 0 bridgehead atoms. The topological polar surface area (TPSA) is 34.2 Å². The van der Waals surface area contributed by atoms with Crippen LogP contribution in [-0.4, -0.2) is 18.6 Å². The first-order chi connectivity index (χ1) is 8.67. The van der Waals surface area contributed by atoms with Gasteiger partial charge in [-0.05, 0) is 31.5 Å². The predicted molar refractivity (Wildman–Crippen MR) is 79.5 cm³/mol. The Labute approximate surface area is 116 Å². The molecule has 3 nitrogen and oxygen atoms in total. The maximum atomic E-state index is 5.52. The summed E-state index contributed by atoms with van der Waals surface area (Å²) in [6, 6.07) is 6.12. The molecule has 2 aromatic rings. The van der Waals surface area contributed by atoms with E-state index in [-0.39, 0.29) is 0 Å². The van der Waals surface area contributed by atoms with Gasteiger partial charge in [0.15, 0.2) is 5.75 Å². The molecule has 0 aliphatic heterocycles. The third-order valence-corrected chi connectivity index (χ3v) is 3.45. The molecule has 96 valence electrons. The maximum Gasteiger partial charge on any atom is 0.168 e. The highest BCUT2D eigenvalue weighted by molar-refractivity contribution is 9.10. The third kappa shape index (κ3) is 2.43. The maximum absolute atomic E-state index is 5.52. The summed E-state index contributed by atoms with van der Waals surface area (Å²) >= 11 is 3.59. The molecule has 1 aromatic carbocycles. The molecular formula is C14H17BrN2O.